The number of benzene rings is 4. The predicted octanol–water partition coefficient (Wildman–Crippen LogP) is 7.02. The normalized spacial score (nSPS) is 14.9. The van der Waals surface area contributed by atoms with Gasteiger partial charge in [0.15, 0.2) is 0 Å². The van der Waals surface area contributed by atoms with Crippen LogP contribution < -0.4 is 0 Å². The molecule has 0 fully saturated rings. The fraction of sp³-hybridized carbons (Fsp3) is 0.167. The minimum absolute atomic E-state index is 0.132. The van der Waals surface area contributed by atoms with E-state index in [-0.39, 0.29) is 11.8 Å². The number of nitrogens with zero attached hydrogens (tertiary/aromatic N) is 2. The predicted molar refractivity (Wildman–Crippen MR) is 159 cm³/mol. The molecule has 4 nitrogen and oxygen atoms in total. The highest BCUT2D eigenvalue weighted by molar-refractivity contribution is 6.30. The standard InChI is InChI=1S/C36H32N2O2/c1-3-25-15-19-29(20-16-25)33-31-32(36(40)37(33)23-27-11-7-5-8-12-27)34(30-21-17-26(4-2)18-22-30)38(35(31)39)24-28-13-9-6-10-14-28/h5-22H,3-4,23-24H2,1-2H3. The Morgan fingerprint density at radius 1 is 0.450 bits per heavy atom. The Bertz CT molecular complexity index is 1490. The van der Waals surface area contributed by atoms with Gasteiger partial charge in [0, 0.05) is 0 Å². The summed E-state index contributed by atoms with van der Waals surface area (Å²) in [6, 6.07) is 36.4. The molecule has 0 atom stereocenters. The Balaban J connectivity index is 1.56. The second-order valence-electron chi connectivity index (χ2n) is 10.3. The third-order valence-corrected chi connectivity index (χ3v) is 7.82. The molecule has 2 aliphatic rings. The molecule has 0 saturated heterocycles. The lowest BCUT2D eigenvalue weighted by Crippen LogP contribution is -2.29. The van der Waals surface area contributed by atoms with E-state index in [1.807, 2.05) is 84.9 Å². The van der Waals surface area contributed by atoms with E-state index in [1.165, 1.54) is 11.1 Å². The fourth-order valence-corrected chi connectivity index (χ4v) is 5.63. The molecule has 0 saturated carbocycles. The number of carbonyl (C=O) groups excluding carboxylic acids is 2. The Hall–Kier alpha value is -4.70. The largest absolute Gasteiger partial charge is 0.302 e. The average Bonchev–Trinajstić information content (AvgIpc) is 3.44. The molecule has 0 aromatic heterocycles. The van der Waals surface area contributed by atoms with E-state index in [4.69, 9.17) is 0 Å². The minimum atomic E-state index is -0.132. The van der Waals surface area contributed by atoms with Crippen LogP contribution in [-0.2, 0) is 35.5 Å². The molecular formula is C36H32N2O2. The SMILES string of the molecule is CCc1ccc(C2=C3C(=O)N(Cc4ccccc4)C(c4ccc(CC)cc4)=C3C(=O)N2Cc2ccccc2)cc1. The van der Waals surface area contributed by atoms with Gasteiger partial charge < -0.3 is 9.80 Å². The van der Waals surface area contributed by atoms with E-state index in [9.17, 15) is 9.59 Å². The van der Waals surface area contributed by atoms with E-state index in [0.29, 0.717) is 35.6 Å². The summed E-state index contributed by atoms with van der Waals surface area (Å²) in [5, 5.41) is 0. The van der Waals surface area contributed by atoms with E-state index in [1.54, 1.807) is 9.80 Å². The van der Waals surface area contributed by atoms with Crippen LogP contribution in [-0.4, -0.2) is 21.6 Å². The molecule has 2 heterocycles. The summed E-state index contributed by atoms with van der Waals surface area (Å²) < 4.78 is 0. The van der Waals surface area contributed by atoms with Crippen molar-refractivity contribution in [2.75, 3.05) is 0 Å². The molecule has 0 bridgehead atoms. The molecule has 198 valence electrons. The van der Waals surface area contributed by atoms with Crippen LogP contribution in [0.5, 0.6) is 0 Å². The molecule has 0 radical (unpaired) electrons. The van der Waals surface area contributed by atoms with Crippen molar-refractivity contribution >= 4 is 23.2 Å². The highest BCUT2D eigenvalue weighted by Gasteiger charge is 2.48. The van der Waals surface area contributed by atoms with Gasteiger partial charge in [-0.2, -0.15) is 0 Å². The van der Waals surface area contributed by atoms with Gasteiger partial charge in [-0.25, -0.2) is 0 Å². The van der Waals surface area contributed by atoms with Crippen LogP contribution in [0.2, 0.25) is 0 Å². The molecule has 4 heteroatoms. The summed E-state index contributed by atoms with van der Waals surface area (Å²) in [5.74, 6) is -0.265. The first-order valence-corrected chi connectivity index (χ1v) is 14.0. The lowest BCUT2D eigenvalue weighted by atomic mass is 10.0. The maximum atomic E-state index is 14.4. The maximum absolute atomic E-state index is 14.4. The molecule has 4 aromatic rings. The third kappa shape index (κ3) is 4.56. The molecule has 6 rings (SSSR count). The Labute approximate surface area is 235 Å². The fourth-order valence-electron chi connectivity index (χ4n) is 5.63. The first-order chi connectivity index (χ1) is 19.6. The summed E-state index contributed by atoms with van der Waals surface area (Å²) in [7, 11) is 0. The highest BCUT2D eigenvalue weighted by atomic mass is 16.2. The number of amides is 2. The topological polar surface area (TPSA) is 40.6 Å². The zero-order chi connectivity index (χ0) is 27.6. The van der Waals surface area contributed by atoms with Crippen molar-refractivity contribution in [2.45, 2.75) is 39.8 Å². The molecule has 4 aromatic carbocycles. The lowest BCUT2D eigenvalue weighted by molar-refractivity contribution is -0.124. The molecule has 0 spiro atoms. The van der Waals surface area contributed by atoms with Gasteiger partial charge in [-0.05, 0) is 46.2 Å². The maximum Gasteiger partial charge on any atom is 0.261 e. The van der Waals surface area contributed by atoms with Crippen molar-refractivity contribution in [3.05, 3.63) is 154 Å². The summed E-state index contributed by atoms with van der Waals surface area (Å²) in [5.41, 5.74) is 8.58. The minimum Gasteiger partial charge on any atom is -0.302 e. The second-order valence-corrected chi connectivity index (χ2v) is 10.3. The van der Waals surface area contributed by atoms with Crippen LogP contribution in [0, 0.1) is 0 Å². The zero-order valence-electron chi connectivity index (χ0n) is 22.9. The number of fused-ring (bicyclic) bond motifs is 1. The smallest absolute Gasteiger partial charge is 0.261 e. The number of hydrogen-bond acceptors (Lipinski definition) is 2. The van der Waals surface area contributed by atoms with Crippen molar-refractivity contribution in [3.63, 3.8) is 0 Å². The summed E-state index contributed by atoms with van der Waals surface area (Å²) in [6.45, 7) is 5.03. The Kier molecular flexibility index (Phi) is 6.91. The Morgan fingerprint density at radius 3 is 1.12 bits per heavy atom. The van der Waals surface area contributed by atoms with Crippen molar-refractivity contribution in [3.8, 4) is 0 Å². The van der Waals surface area contributed by atoms with E-state index >= 15 is 0 Å². The number of carbonyl (C=O) groups is 2. The number of rotatable bonds is 8. The summed E-state index contributed by atoms with van der Waals surface area (Å²) in [6.07, 6.45) is 1.84. The van der Waals surface area contributed by atoms with Gasteiger partial charge in [-0.1, -0.05) is 123 Å². The molecule has 40 heavy (non-hydrogen) atoms. The van der Waals surface area contributed by atoms with E-state index in [0.717, 1.165) is 35.1 Å². The van der Waals surface area contributed by atoms with Crippen LogP contribution in [0.4, 0.5) is 0 Å². The zero-order valence-corrected chi connectivity index (χ0v) is 22.9. The molecule has 0 N–H and O–H groups in total. The van der Waals surface area contributed by atoms with Gasteiger partial charge in [0.25, 0.3) is 11.8 Å². The van der Waals surface area contributed by atoms with Gasteiger partial charge in [-0.3, -0.25) is 9.59 Å². The molecular weight excluding hydrogens is 492 g/mol. The first-order valence-electron chi connectivity index (χ1n) is 14.0. The highest BCUT2D eigenvalue weighted by Crippen LogP contribution is 2.47. The summed E-state index contributed by atoms with van der Waals surface area (Å²) >= 11 is 0. The van der Waals surface area contributed by atoms with Crippen LogP contribution in [0.3, 0.4) is 0 Å². The van der Waals surface area contributed by atoms with E-state index < -0.39 is 0 Å². The van der Waals surface area contributed by atoms with Gasteiger partial charge in [-0.15, -0.1) is 0 Å². The van der Waals surface area contributed by atoms with Crippen LogP contribution >= 0.6 is 0 Å². The van der Waals surface area contributed by atoms with Crippen LogP contribution in [0.15, 0.2) is 120 Å². The van der Waals surface area contributed by atoms with Crippen molar-refractivity contribution in [2.24, 2.45) is 0 Å². The van der Waals surface area contributed by atoms with Gasteiger partial charge >= 0.3 is 0 Å². The van der Waals surface area contributed by atoms with Crippen LogP contribution in [0.25, 0.3) is 11.4 Å². The third-order valence-electron chi connectivity index (χ3n) is 7.82. The number of hydrogen-bond donors (Lipinski definition) is 0. The van der Waals surface area contributed by atoms with E-state index in [2.05, 4.69) is 38.1 Å². The van der Waals surface area contributed by atoms with Crippen molar-refractivity contribution < 1.29 is 9.59 Å². The lowest BCUT2D eigenvalue weighted by Gasteiger charge is -2.26. The van der Waals surface area contributed by atoms with Gasteiger partial charge in [0.1, 0.15) is 0 Å². The quantitative estimate of drug-likeness (QED) is 0.249. The first kappa shape index (κ1) is 25.6. The average molecular weight is 525 g/mol. The van der Waals surface area contributed by atoms with Gasteiger partial charge in [0.05, 0.1) is 35.6 Å². The molecule has 2 aliphatic heterocycles. The molecule has 2 amide bonds. The van der Waals surface area contributed by atoms with Crippen molar-refractivity contribution in [1.29, 1.82) is 0 Å². The second kappa shape index (κ2) is 10.8. The van der Waals surface area contributed by atoms with Crippen LogP contribution in [0.1, 0.15) is 47.2 Å². The number of aryl methyl sites for hydroxylation is 2. The molecule has 0 aliphatic carbocycles. The van der Waals surface area contributed by atoms with Gasteiger partial charge in [0.2, 0.25) is 0 Å². The summed E-state index contributed by atoms with van der Waals surface area (Å²) in [4.78, 5) is 32.4. The Morgan fingerprint density at radius 2 is 0.800 bits per heavy atom. The molecule has 0 unspecified atom stereocenters. The monoisotopic (exact) mass is 524 g/mol. The van der Waals surface area contributed by atoms with Crippen molar-refractivity contribution in [1.82, 2.24) is 9.80 Å².